The molecule has 0 radical (unpaired) electrons. The van der Waals surface area contributed by atoms with Crippen LogP contribution in [-0.4, -0.2) is 16.8 Å². The maximum atomic E-state index is 11.9. The first-order valence-corrected chi connectivity index (χ1v) is 10.4. The van der Waals surface area contributed by atoms with Gasteiger partial charge in [-0.1, -0.05) is 30.3 Å². The average molecular weight is 363 g/mol. The Hall–Kier alpha value is -1.08. The minimum absolute atomic E-state index is 0.299. The molecule has 0 N–H and O–H groups in total. The summed E-state index contributed by atoms with van der Waals surface area (Å²) in [7, 11) is 2.31. The van der Waals surface area contributed by atoms with Gasteiger partial charge in [0.2, 0.25) is 0 Å². The highest BCUT2D eigenvalue weighted by molar-refractivity contribution is 8.16. The van der Waals surface area contributed by atoms with Gasteiger partial charge in [0, 0.05) is 27.8 Å². The van der Waals surface area contributed by atoms with Crippen molar-refractivity contribution in [1.29, 1.82) is 0 Å². The second-order valence-electron chi connectivity index (χ2n) is 4.63. The predicted molar refractivity (Wildman–Crippen MR) is 80.8 cm³/mol. The van der Waals surface area contributed by atoms with E-state index >= 15 is 0 Å². The number of hydrogen-bond donors (Lipinski definition) is 0. The summed E-state index contributed by atoms with van der Waals surface area (Å²) in [6.07, 6.45) is 0.299. The zero-order valence-electron chi connectivity index (χ0n) is 10.4. The lowest BCUT2D eigenvalue weighted by molar-refractivity contribution is 0.596. The molecule has 2 aromatic rings. The van der Waals surface area contributed by atoms with Crippen LogP contribution in [0.1, 0.15) is 11.1 Å². The highest BCUT2D eigenvalue weighted by Gasteiger charge is 2.32. The quantitative estimate of drug-likeness (QED) is 0.656. The molecule has 0 amide bonds. The molecule has 0 aliphatic heterocycles. The molecular formula is C13H8Cl2O4S2. The molecule has 8 heteroatoms. The third-order valence-electron chi connectivity index (χ3n) is 3.41. The molecule has 1 aliphatic rings. The van der Waals surface area contributed by atoms with Gasteiger partial charge in [0.05, 0.1) is 0 Å². The van der Waals surface area contributed by atoms with Crippen LogP contribution in [0, 0.1) is 0 Å². The van der Waals surface area contributed by atoms with Gasteiger partial charge < -0.3 is 0 Å². The van der Waals surface area contributed by atoms with E-state index in [1.54, 1.807) is 6.07 Å². The fourth-order valence-electron chi connectivity index (χ4n) is 2.62. The molecule has 0 unspecified atom stereocenters. The highest BCUT2D eigenvalue weighted by atomic mass is 35.7. The monoisotopic (exact) mass is 362 g/mol. The fourth-order valence-corrected chi connectivity index (χ4v) is 5.83. The minimum Gasteiger partial charge on any atom is -0.207 e. The molecule has 0 atom stereocenters. The van der Waals surface area contributed by atoms with Crippen molar-refractivity contribution in [1.82, 2.24) is 0 Å². The van der Waals surface area contributed by atoms with E-state index in [2.05, 4.69) is 0 Å². The summed E-state index contributed by atoms with van der Waals surface area (Å²) in [5, 5.41) is 0. The van der Waals surface area contributed by atoms with E-state index < -0.39 is 27.9 Å². The second kappa shape index (κ2) is 4.71. The van der Waals surface area contributed by atoms with Crippen molar-refractivity contribution < 1.29 is 16.8 Å². The molecule has 21 heavy (non-hydrogen) atoms. The molecule has 1 aliphatic carbocycles. The Morgan fingerprint density at radius 2 is 1.48 bits per heavy atom. The number of fused-ring (bicyclic) bond motifs is 3. The van der Waals surface area contributed by atoms with Gasteiger partial charge in [-0.3, -0.25) is 0 Å². The molecule has 0 saturated heterocycles. The van der Waals surface area contributed by atoms with Crippen molar-refractivity contribution in [2.75, 3.05) is 0 Å². The van der Waals surface area contributed by atoms with Crippen molar-refractivity contribution in [3.05, 3.63) is 47.5 Å². The van der Waals surface area contributed by atoms with Crippen LogP contribution in [-0.2, 0) is 24.5 Å². The standard InChI is InChI=1S/C13H8Cl2O4S2/c14-20(16,17)12-6-5-10-9-4-2-1-3-8(9)7-11(10)13(12)21(15,18)19/h1-6H,7H2. The largest absolute Gasteiger partial charge is 0.262 e. The highest BCUT2D eigenvalue weighted by Crippen LogP contribution is 2.43. The molecule has 0 aromatic heterocycles. The van der Waals surface area contributed by atoms with Gasteiger partial charge in [0.25, 0.3) is 18.1 Å². The summed E-state index contributed by atoms with van der Waals surface area (Å²) >= 11 is 0. The Bertz CT molecular complexity index is 964. The molecule has 4 nitrogen and oxygen atoms in total. The van der Waals surface area contributed by atoms with E-state index in [-0.39, 0.29) is 0 Å². The van der Waals surface area contributed by atoms with Crippen LogP contribution in [0.5, 0.6) is 0 Å². The average Bonchev–Trinajstić information content (AvgIpc) is 2.73. The zero-order chi connectivity index (χ0) is 15.4. The van der Waals surface area contributed by atoms with Crippen molar-refractivity contribution in [3.63, 3.8) is 0 Å². The lowest BCUT2D eigenvalue weighted by Gasteiger charge is -2.09. The third kappa shape index (κ3) is 2.46. The van der Waals surface area contributed by atoms with Crippen LogP contribution in [0.4, 0.5) is 0 Å². The normalized spacial score (nSPS) is 13.8. The van der Waals surface area contributed by atoms with Crippen LogP contribution in [0.3, 0.4) is 0 Å². The molecule has 3 rings (SSSR count). The van der Waals surface area contributed by atoms with Crippen molar-refractivity contribution >= 4 is 39.5 Å². The van der Waals surface area contributed by atoms with Crippen LogP contribution in [0.15, 0.2) is 46.2 Å². The predicted octanol–water partition coefficient (Wildman–Crippen LogP) is 3.11. The number of hydrogen-bond acceptors (Lipinski definition) is 4. The van der Waals surface area contributed by atoms with Crippen LogP contribution in [0.2, 0.25) is 0 Å². The molecule has 0 fully saturated rings. The molecule has 110 valence electrons. The summed E-state index contributed by atoms with van der Waals surface area (Å²) in [6.45, 7) is 0. The second-order valence-corrected chi connectivity index (χ2v) is 9.67. The Morgan fingerprint density at radius 1 is 0.810 bits per heavy atom. The minimum atomic E-state index is -4.25. The molecule has 0 bridgehead atoms. The van der Waals surface area contributed by atoms with E-state index in [4.69, 9.17) is 21.4 Å². The molecular weight excluding hydrogens is 355 g/mol. The van der Waals surface area contributed by atoms with E-state index in [1.165, 1.54) is 6.07 Å². The SMILES string of the molecule is O=S(=O)(Cl)c1ccc2c(c1S(=O)(=O)Cl)Cc1ccccc1-2. The Labute approximate surface area is 131 Å². The maximum absolute atomic E-state index is 11.9. The molecule has 0 heterocycles. The lowest BCUT2D eigenvalue weighted by Crippen LogP contribution is -2.05. The Kier molecular flexibility index (Phi) is 3.33. The number of rotatable bonds is 2. The van der Waals surface area contributed by atoms with Crippen LogP contribution in [0.25, 0.3) is 11.1 Å². The van der Waals surface area contributed by atoms with E-state index in [1.807, 2.05) is 24.3 Å². The number of benzene rings is 2. The van der Waals surface area contributed by atoms with Crippen molar-refractivity contribution in [2.24, 2.45) is 0 Å². The number of halogens is 2. The topological polar surface area (TPSA) is 68.3 Å². The fraction of sp³-hybridized carbons (Fsp3) is 0.0769. The smallest absolute Gasteiger partial charge is 0.207 e. The summed E-state index contributed by atoms with van der Waals surface area (Å²) < 4.78 is 46.9. The zero-order valence-corrected chi connectivity index (χ0v) is 13.5. The first kappa shape index (κ1) is 14.8. The summed E-state index contributed by atoms with van der Waals surface area (Å²) in [4.78, 5) is -0.904. The van der Waals surface area contributed by atoms with Gasteiger partial charge in [0.1, 0.15) is 9.79 Å². The summed E-state index contributed by atoms with van der Waals surface area (Å²) in [5.74, 6) is 0. The third-order valence-corrected chi connectivity index (χ3v) is 6.32. The molecule has 2 aromatic carbocycles. The van der Waals surface area contributed by atoms with Crippen LogP contribution >= 0.6 is 21.4 Å². The van der Waals surface area contributed by atoms with E-state index in [0.29, 0.717) is 17.5 Å². The van der Waals surface area contributed by atoms with Gasteiger partial charge in [0.15, 0.2) is 0 Å². The summed E-state index contributed by atoms with van der Waals surface area (Å²) in [5.41, 5.74) is 2.81. The maximum Gasteiger partial charge on any atom is 0.262 e. The van der Waals surface area contributed by atoms with Crippen LogP contribution < -0.4 is 0 Å². The summed E-state index contributed by atoms with van der Waals surface area (Å²) in [6, 6.07) is 10.1. The van der Waals surface area contributed by atoms with E-state index in [9.17, 15) is 16.8 Å². The first-order valence-electron chi connectivity index (χ1n) is 5.83. The Morgan fingerprint density at radius 3 is 2.10 bits per heavy atom. The van der Waals surface area contributed by atoms with Gasteiger partial charge in [-0.05, 0) is 28.3 Å². The van der Waals surface area contributed by atoms with Crippen molar-refractivity contribution in [3.8, 4) is 11.1 Å². The lowest BCUT2D eigenvalue weighted by atomic mass is 10.1. The van der Waals surface area contributed by atoms with Gasteiger partial charge >= 0.3 is 0 Å². The van der Waals surface area contributed by atoms with E-state index in [0.717, 1.165) is 11.1 Å². The van der Waals surface area contributed by atoms with Crippen molar-refractivity contribution in [2.45, 2.75) is 16.2 Å². The molecule has 0 spiro atoms. The first-order chi connectivity index (χ1) is 9.69. The Balaban J connectivity index is 2.43. The van der Waals surface area contributed by atoms with Gasteiger partial charge in [-0.25, -0.2) is 16.8 Å². The molecule has 0 saturated carbocycles. The van der Waals surface area contributed by atoms with Gasteiger partial charge in [-0.2, -0.15) is 0 Å². The van der Waals surface area contributed by atoms with Gasteiger partial charge in [-0.15, -0.1) is 0 Å².